The first-order valence-electron chi connectivity index (χ1n) is 10.9. The molecule has 3 rings (SSSR count). The van der Waals surface area contributed by atoms with Gasteiger partial charge in [-0.2, -0.15) is 0 Å². The Morgan fingerprint density at radius 3 is 2.36 bits per heavy atom. The summed E-state index contributed by atoms with van der Waals surface area (Å²) in [6.07, 6.45) is 0.918. The van der Waals surface area contributed by atoms with Gasteiger partial charge in [-0.25, -0.2) is 4.63 Å². The lowest BCUT2D eigenvalue weighted by atomic mass is 10.1. The highest BCUT2D eigenvalue weighted by Crippen LogP contribution is 2.35. The lowest BCUT2D eigenvalue weighted by molar-refractivity contribution is -0.122. The standard InChI is InChI=1S/C24H29N3O6/c1-5-13-30-19-12-11-17(15-21(19)31-14-6-2)22-23(27-33-26-22)25-24(28)16(3)32-20-10-8-7-9-18(20)29-4/h7-12,15-16H,5-6,13-14H2,1-4H3,(H,25,27,28)/t16-/m0/s1. The Morgan fingerprint density at radius 1 is 0.970 bits per heavy atom. The molecule has 0 radical (unpaired) electrons. The molecule has 0 saturated heterocycles. The maximum absolute atomic E-state index is 12.7. The molecule has 9 heteroatoms. The highest BCUT2D eigenvalue weighted by Gasteiger charge is 2.22. The second-order valence-electron chi connectivity index (χ2n) is 7.22. The minimum atomic E-state index is -0.820. The summed E-state index contributed by atoms with van der Waals surface area (Å²) in [5.41, 5.74) is 1.04. The van der Waals surface area contributed by atoms with Crippen molar-refractivity contribution >= 4 is 11.7 Å². The van der Waals surface area contributed by atoms with Crippen molar-refractivity contribution in [2.24, 2.45) is 0 Å². The molecule has 1 aromatic heterocycles. The molecule has 1 atom stereocenters. The quantitative estimate of drug-likeness (QED) is 0.418. The van der Waals surface area contributed by atoms with Crippen molar-refractivity contribution in [1.82, 2.24) is 10.3 Å². The van der Waals surface area contributed by atoms with E-state index in [2.05, 4.69) is 15.6 Å². The maximum atomic E-state index is 12.7. The summed E-state index contributed by atoms with van der Waals surface area (Å²) in [6.45, 7) is 6.82. The zero-order chi connectivity index (χ0) is 23.6. The fourth-order valence-corrected chi connectivity index (χ4v) is 2.95. The molecule has 0 aliphatic heterocycles. The third kappa shape index (κ3) is 6.15. The van der Waals surface area contributed by atoms with E-state index in [0.29, 0.717) is 47.5 Å². The molecule has 1 amide bonds. The van der Waals surface area contributed by atoms with E-state index in [0.717, 1.165) is 12.8 Å². The number of carbonyl (C=O) groups is 1. The Labute approximate surface area is 192 Å². The van der Waals surface area contributed by atoms with Gasteiger partial charge in [0.2, 0.25) is 5.82 Å². The van der Waals surface area contributed by atoms with Crippen molar-refractivity contribution in [3.63, 3.8) is 0 Å². The predicted molar refractivity (Wildman–Crippen MR) is 123 cm³/mol. The van der Waals surface area contributed by atoms with Crippen LogP contribution in [0.25, 0.3) is 11.3 Å². The SMILES string of the molecule is CCCOc1ccc(-c2nonc2NC(=O)[C@H](C)Oc2ccccc2OC)cc1OCCC. The first-order chi connectivity index (χ1) is 16.1. The van der Waals surface area contributed by atoms with E-state index in [9.17, 15) is 4.79 Å². The van der Waals surface area contributed by atoms with Crippen LogP contribution in [0.3, 0.4) is 0 Å². The Balaban J connectivity index is 1.76. The number of nitrogens with zero attached hydrogens (tertiary/aromatic N) is 2. The van der Waals surface area contributed by atoms with Crippen LogP contribution < -0.4 is 24.3 Å². The number of amides is 1. The van der Waals surface area contributed by atoms with Gasteiger partial charge in [0.25, 0.3) is 5.91 Å². The van der Waals surface area contributed by atoms with Gasteiger partial charge in [-0.1, -0.05) is 26.0 Å². The van der Waals surface area contributed by atoms with E-state index in [4.69, 9.17) is 23.6 Å². The van der Waals surface area contributed by atoms with Crippen LogP contribution >= 0.6 is 0 Å². The molecule has 0 aliphatic rings. The van der Waals surface area contributed by atoms with Gasteiger partial charge in [0.1, 0.15) is 0 Å². The number of carbonyl (C=O) groups excluding carboxylic acids is 1. The third-order valence-corrected chi connectivity index (χ3v) is 4.61. The maximum Gasteiger partial charge on any atom is 0.266 e. The molecule has 0 unspecified atom stereocenters. The second kappa shape index (κ2) is 11.8. The van der Waals surface area contributed by atoms with Gasteiger partial charge in [0.05, 0.1) is 20.3 Å². The van der Waals surface area contributed by atoms with Crippen molar-refractivity contribution < 1.29 is 28.4 Å². The zero-order valence-electron chi connectivity index (χ0n) is 19.3. The number of ether oxygens (including phenoxy) is 4. The molecule has 1 N–H and O–H groups in total. The van der Waals surface area contributed by atoms with E-state index in [-0.39, 0.29) is 5.82 Å². The van der Waals surface area contributed by atoms with Crippen molar-refractivity contribution in [3.05, 3.63) is 42.5 Å². The molecule has 3 aromatic rings. The fourth-order valence-electron chi connectivity index (χ4n) is 2.95. The lowest BCUT2D eigenvalue weighted by Gasteiger charge is -2.16. The second-order valence-corrected chi connectivity index (χ2v) is 7.22. The van der Waals surface area contributed by atoms with Crippen LogP contribution in [-0.2, 0) is 4.79 Å². The summed E-state index contributed by atoms with van der Waals surface area (Å²) in [5.74, 6) is 2.00. The minimum absolute atomic E-state index is 0.180. The number of anilines is 1. The Hall–Kier alpha value is -3.75. The average Bonchev–Trinajstić information content (AvgIpc) is 3.29. The average molecular weight is 456 g/mol. The fraction of sp³-hybridized carbons (Fsp3) is 0.375. The summed E-state index contributed by atoms with van der Waals surface area (Å²) in [7, 11) is 1.54. The molecule has 1 heterocycles. The normalized spacial score (nSPS) is 11.5. The zero-order valence-corrected chi connectivity index (χ0v) is 19.3. The van der Waals surface area contributed by atoms with Crippen LogP contribution in [0, 0.1) is 0 Å². The van der Waals surface area contributed by atoms with Crippen LogP contribution in [0.5, 0.6) is 23.0 Å². The highest BCUT2D eigenvalue weighted by atomic mass is 16.6. The third-order valence-electron chi connectivity index (χ3n) is 4.61. The number of benzene rings is 2. The highest BCUT2D eigenvalue weighted by molar-refractivity contribution is 5.96. The van der Waals surface area contributed by atoms with Crippen LogP contribution in [0.2, 0.25) is 0 Å². The molecule has 0 saturated carbocycles. The molecule has 0 fully saturated rings. The van der Waals surface area contributed by atoms with Crippen LogP contribution in [0.4, 0.5) is 5.82 Å². The summed E-state index contributed by atoms with van der Waals surface area (Å²) >= 11 is 0. The lowest BCUT2D eigenvalue weighted by Crippen LogP contribution is -2.30. The Kier molecular flexibility index (Phi) is 8.51. The van der Waals surface area contributed by atoms with Crippen molar-refractivity contribution in [1.29, 1.82) is 0 Å². The van der Waals surface area contributed by atoms with Gasteiger partial charge in [-0.05, 0) is 60.4 Å². The Morgan fingerprint density at radius 2 is 1.67 bits per heavy atom. The molecule has 176 valence electrons. The smallest absolute Gasteiger partial charge is 0.266 e. The van der Waals surface area contributed by atoms with Crippen molar-refractivity contribution in [2.45, 2.75) is 39.7 Å². The van der Waals surface area contributed by atoms with Gasteiger partial charge < -0.3 is 24.3 Å². The predicted octanol–water partition coefficient (Wildman–Crippen LogP) is 4.73. The number of para-hydroxylation sites is 2. The van der Waals surface area contributed by atoms with E-state index in [1.807, 2.05) is 32.0 Å². The van der Waals surface area contributed by atoms with Gasteiger partial charge in [0.15, 0.2) is 34.8 Å². The summed E-state index contributed by atoms with van der Waals surface area (Å²) in [6, 6.07) is 12.5. The molecule has 0 spiro atoms. The molecule has 2 aromatic carbocycles. The van der Waals surface area contributed by atoms with Gasteiger partial charge in [-0.3, -0.25) is 4.79 Å². The monoisotopic (exact) mass is 455 g/mol. The Bertz CT molecular complexity index is 1050. The van der Waals surface area contributed by atoms with E-state index in [1.165, 1.54) is 7.11 Å². The number of hydrogen-bond donors (Lipinski definition) is 1. The van der Waals surface area contributed by atoms with Crippen LogP contribution in [0.1, 0.15) is 33.6 Å². The number of hydrogen-bond acceptors (Lipinski definition) is 8. The first kappa shape index (κ1) is 23.9. The van der Waals surface area contributed by atoms with Crippen molar-refractivity contribution in [2.75, 3.05) is 25.6 Å². The molecular formula is C24H29N3O6. The number of methoxy groups -OCH3 is 1. The van der Waals surface area contributed by atoms with Gasteiger partial charge in [-0.15, -0.1) is 0 Å². The summed E-state index contributed by atoms with van der Waals surface area (Å²) in [4.78, 5) is 12.7. The number of nitrogens with one attached hydrogen (secondary N) is 1. The number of rotatable bonds is 12. The molecule has 33 heavy (non-hydrogen) atoms. The molecular weight excluding hydrogens is 426 g/mol. The van der Waals surface area contributed by atoms with E-state index >= 15 is 0 Å². The van der Waals surface area contributed by atoms with E-state index in [1.54, 1.807) is 31.2 Å². The minimum Gasteiger partial charge on any atom is -0.493 e. The summed E-state index contributed by atoms with van der Waals surface area (Å²) < 4.78 is 27.5. The molecule has 0 aliphatic carbocycles. The van der Waals surface area contributed by atoms with Crippen LogP contribution in [-0.4, -0.2) is 42.6 Å². The van der Waals surface area contributed by atoms with Gasteiger partial charge >= 0.3 is 0 Å². The van der Waals surface area contributed by atoms with Gasteiger partial charge in [0, 0.05) is 5.56 Å². The summed E-state index contributed by atoms with van der Waals surface area (Å²) in [5, 5.41) is 10.5. The molecule has 9 nitrogen and oxygen atoms in total. The van der Waals surface area contributed by atoms with Crippen molar-refractivity contribution in [3.8, 4) is 34.3 Å². The van der Waals surface area contributed by atoms with Crippen LogP contribution in [0.15, 0.2) is 47.1 Å². The van der Waals surface area contributed by atoms with E-state index < -0.39 is 12.0 Å². The molecule has 0 bridgehead atoms. The first-order valence-corrected chi connectivity index (χ1v) is 10.9. The topological polar surface area (TPSA) is 105 Å². The number of aromatic nitrogens is 2. The largest absolute Gasteiger partial charge is 0.493 e.